The zero-order chi connectivity index (χ0) is 18.8. The van der Waals surface area contributed by atoms with Gasteiger partial charge in [0.15, 0.2) is 0 Å². The van der Waals surface area contributed by atoms with Gasteiger partial charge >= 0.3 is 0 Å². The molecule has 136 valence electrons. The lowest BCUT2D eigenvalue weighted by Gasteiger charge is -2.16. The van der Waals surface area contributed by atoms with Crippen LogP contribution in [0.4, 0.5) is 0 Å². The lowest BCUT2D eigenvalue weighted by Crippen LogP contribution is -2.27. The van der Waals surface area contributed by atoms with E-state index < -0.39 is 0 Å². The van der Waals surface area contributed by atoms with Crippen molar-refractivity contribution in [1.29, 1.82) is 0 Å². The molecule has 3 aromatic heterocycles. The second kappa shape index (κ2) is 7.07. The van der Waals surface area contributed by atoms with Crippen LogP contribution in [0.5, 0.6) is 0 Å². The smallest absolute Gasteiger partial charge is 0.258 e. The maximum atomic E-state index is 12.8. The van der Waals surface area contributed by atoms with Gasteiger partial charge in [-0.15, -0.1) is 0 Å². The summed E-state index contributed by atoms with van der Waals surface area (Å²) in [4.78, 5) is 33.7. The lowest BCUT2D eigenvalue weighted by atomic mass is 10.1. The van der Waals surface area contributed by atoms with Crippen LogP contribution in [-0.4, -0.2) is 38.8 Å². The van der Waals surface area contributed by atoms with Crippen molar-refractivity contribution < 1.29 is 4.79 Å². The minimum absolute atomic E-state index is 0.0604. The Labute approximate surface area is 156 Å². The molecule has 27 heavy (non-hydrogen) atoms. The van der Waals surface area contributed by atoms with E-state index in [1.807, 2.05) is 40.9 Å². The van der Waals surface area contributed by atoms with Crippen LogP contribution in [-0.2, 0) is 6.42 Å². The zero-order valence-corrected chi connectivity index (χ0v) is 15.1. The van der Waals surface area contributed by atoms with Crippen molar-refractivity contribution in [3.05, 3.63) is 82.5 Å². The van der Waals surface area contributed by atoms with Gasteiger partial charge in [-0.2, -0.15) is 0 Å². The van der Waals surface area contributed by atoms with E-state index in [0.29, 0.717) is 23.1 Å². The molecule has 4 rings (SSSR count). The Morgan fingerprint density at radius 2 is 2.07 bits per heavy atom. The second-order valence-electron chi connectivity index (χ2n) is 6.65. The molecule has 0 aliphatic heterocycles. The van der Waals surface area contributed by atoms with E-state index in [4.69, 9.17) is 0 Å². The molecule has 1 N–H and O–H groups in total. The monoisotopic (exact) mass is 360 g/mol. The van der Waals surface area contributed by atoms with Gasteiger partial charge in [-0.25, -0.2) is 0 Å². The summed E-state index contributed by atoms with van der Waals surface area (Å²) in [5.74, 6) is -0.0604. The van der Waals surface area contributed by atoms with Gasteiger partial charge < -0.3 is 14.3 Å². The van der Waals surface area contributed by atoms with Crippen molar-refractivity contribution in [3.63, 3.8) is 0 Å². The summed E-state index contributed by atoms with van der Waals surface area (Å²) in [5.41, 5.74) is 2.98. The second-order valence-corrected chi connectivity index (χ2v) is 6.65. The number of aromatic nitrogens is 3. The fourth-order valence-corrected chi connectivity index (χ4v) is 3.32. The first-order chi connectivity index (χ1) is 13.1. The average molecular weight is 360 g/mol. The number of hydrogen-bond donors (Lipinski definition) is 1. The first-order valence-corrected chi connectivity index (χ1v) is 8.91. The Morgan fingerprint density at radius 3 is 2.89 bits per heavy atom. The molecule has 3 heterocycles. The lowest BCUT2D eigenvalue weighted by molar-refractivity contribution is 0.0793. The molecule has 1 aromatic carbocycles. The standard InChI is InChI=1S/C21H20N4O2/c1-24(11-5-7-15-6-4-10-22-13-15)21(27)16-12-19-23-20(26)17-8-2-3-9-18(17)25(19)14-16/h2-4,6,8-10,12-14H,5,7,11H2,1H3,(H,23,26). The third-order valence-corrected chi connectivity index (χ3v) is 4.75. The Bertz CT molecular complexity index is 1160. The van der Waals surface area contributed by atoms with Gasteiger partial charge in [0, 0.05) is 32.2 Å². The number of aryl methyl sites for hydroxylation is 1. The minimum atomic E-state index is -0.153. The third-order valence-electron chi connectivity index (χ3n) is 4.75. The van der Waals surface area contributed by atoms with E-state index in [0.717, 1.165) is 23.9 Å². The molecule has 0 unspecified atom stereocenters. The summed E-state index contributed by atoms with van der Waals surface area (Å²) < 4.78 is 1.85. The third kappa shape index (κ3) is 3.33. The quantitative estimate of drug-likeness (QED) is 0.595. The van der Waals surface area contributed by atoms with E-state index in [9.17, 15) is 9.59 Å². The van der Waals surface area contributed by atoms with Crippen LogP contribution in [0.25, 0.3) is 16.6 Å². The largest absolute Gasteiger partial charge is 0.342 e. The van der Waals surface area contributed by atoms with E-state index in [1.54, 1.807) is 36.5 Å². The van der Waals surface area contributed by atoms with Gasteiger partial charge in [-0.1, -0.05) is 18.2 Å². The predicted octanol–water partition coefficient (Wildman–Crippen LogP) is 2.88. The number of amides is 1. The highest BCUT2D eigenvalue weighted by atomic mass is 16.2. The van der Waals surface area contributed by atoms with Gasteiger partial charge in [0.1, 0.15) is 5.65 Å². The fraction of sp³-hybridized carbons (Fsp3) is 0.190. The molecule has 0 saturated heterocycles. The van der Waals surface area contributed by atoms with E-state index in [-0.39, 0.29) is 11.5 Å². The fourth-order valence-electron chi connectivity index (χ4n) is 3.32. The summed E-state index contributed by atoms with van der Waals surface area (Å²) >= 11 is 0. The zero-order valence-electron chi connectivity index (χ0n) is 15.1. The number of hydrogen-bond acceptors (Lipinski definition) is 3. The summed E-state index contributed by atoms with van der Waals surface area (Å²) in [6.07, 6.45) is 7.13. The first kappa shape index (κ1) is 17.0. The Morgan fingerprint density at radius 1 is 1.22 bits per heavy atom. The topological polar surface area (TPSA) is 70.5 Å². The van der Waals surface area contributed by atoms with Crippen LogP contribution >= 0.6 is 0 Å². The molecule has 0 bridgehead atoms. The number of nitrogens with zero attached hydrogens (tertiary/aromatic N) is 3. The Kier molecular flexibility index (Phi) is 4.46. The van der Waals surface area contributed by atoms with Gasteiger partial charge in [0.25, 0.3) is 11.5 Å². The number of pyridine rings is 1. The average Bonchev–Trinajstić information content (AvgIpc) is 3.12. The molecule has 6 nitrogen and oxygen atoms in total. The van der Waals surface area contributed by atoms with E-state index in [1.165, 1.54) is 0 Å². The van der Waals surface area contributed by atoms with Crippen LogP contribution in [0.15, 0.2) is 65.8 Å². The number of rotatable bonds is 5. The van der Waals surface area contributed by atoms with Crippen LogP contribution in [0.1, 0.15) is 22.3 Å². The molecule has 4 aromatic rings. The number of benzene rings is 1. The van der Waals surface area contributed by atoms with Gasteiger partial charge in [-0.3, -0.25) is 14.6 Å². The number of fused-ring (bicyclic) bond motifs is 3. The predicted molar refractivity (Wildman–Crippen MR) is 105 cm³/mol. The molecule has 0 atom stereocenters. The van der Waals surface area contributed by atoms with Crippen LogP contribution in [0.2, 0.25) is 0 Å². The molecule has 0 aliphatic carbocycles. The SMILES string of the molecule is CN(CCCc1cccnc1)C(=O)c1cc2[nH]c(=O)c3ccccc3n2c1. The van der Waals surface area contributed by atoms with Gasteiger partial charge in [0.05, 0.1) is 16.5 Å². The highest BCUT2D eigenvalue weighted by molar-refractivity contribution is 5.96. The van der Waals surface area contributed by atoms with Crippen molar-refractivity contribution >= 4 is 22.5 Å². The van der Waals surface area contributed by atoms with Crippen LogP contribution in [0.3, 0.4) is 0 Å². The number of carbonyl (C=O) groups excluding carboxylic acids is 1. The summed E-state index contributed by atoms with van der Waals surface area (Å²) in [6.45, 7) is 0.650. The normalized spacial score (nSPS) is 11.1. The van der Waals surface area contributed by atoms with Crippen LogP contribution < -0.4 is 5.56 Å². The van der Waals surface area contributed by atoms with E-state index >= 15 is 0 Å². The van der Waals surface area contributed by atoms with Crippen molar-refractivity contribution in [2.24, 2.45) is 0 Å². The Balaban J connectivity index is 1.54. The highest BCUT2D eigenvalue weighted by Crippen LogP contribution is 2.16. The van der Waals surface area contributed by atoms with Crippen molar-refractivity contribution in [3.8, 4) is 0 Å². The minimum Gasteiger partial charge on any atom is -0.342 e. The van der Waals surface area contributed by atoms with Crippen molar-refractivity contribution in [1.82, 2.24) is 19.3 Å². The number of carbonyl (C=O) groups is 1. The van der Waals surface area contributed by atoms with Crippen molar-refractivity contribution in [2.45, 2.75) is 12.8 Å². The molecule has 0 spiro atoms. The Hall–Kier alpha value is -3.41. The maximum Gasteiger partial charge on any atom is 0.258 e. The number of para-hydroxylation sites is 1. The van der Waals surface area contributed by atoms with E-state index in [2.05, 4.69) is 9.97 Å². The molecular formula is C21H20N4O2. The highest BCUT2D eigenvalue weighted by Gasteiger charge is 2.15. The molecule has 0 aliphatic rings. The summed E-state index contributed by atoms with van der Waals surface area (Å²) in [7, 11) is 1.80. The maximum absolute atomic E-state index is 12.8. The van der Waals surface area contributed by atoms with Crippen molar-refractivity contribution in [2.75, 3.05) is 13.6 Å². The number of aromatic amines is 1. The molecule has 0 fully saturated rings. The molecule has 0 radical (unpaired) electrons. The molecule has 6 heteroatoms. The summed E-state index contributed by atoms with van der Waals surface area (Å²) in [5, 5.41) is 0.601. The number of nitrogens with one attached hydrogen (secondary N) is 1. The number of H-pyrrole nitrogens is 1. The van der Waals surface area contributed by atoms with Crippen LogP contribution in [0, 0.1) is 0 Å². The first-order valence-electron chi connectivity index (χ1n) is 8.91. The molecular weight excluding hydrogens is 340 g/mol. The summed E-state index contributed by atoms with van der Waals surface area (Å²) in [6, 6.07) is 13.1. The molecule has 1 amide bonds. The molecule has 0 saturated carbocycles. The van der Waals surface area contributed by atoms with Gasteiger partial charge in [0.2, 0.25) is 0 Å². The van der Waals surface area contributed by atoms with Gasteiger partial charge in [-0.05, 0) is 42.7 Å².